The highest BCUT2D eigenvalue weighted by atomic mass is 32.1. The molecule has 1 saturated carbocycles. The molecular weight excluding hydrogens is 246 g/mol. The maximum absolute atomic E-state index is 12.5. The molecule has 5 heteroatoms. The maximum atomic E-state index is 12.5. The van der Waals surface area contributed by atoms with Crippen LogP contribution in [0, 0.1) is 5.92 Å². The average molecular weight is 267 g/mol. The summed E-state index contributed by atoms with van der Waals surface area (Å²) < 4.78 is 0. The van der Waals surface area contributed by atoms with E-state index in [1.807, 2.05) is 12.4 Å². The van der Waals surface area contributed by atoms with Crippen LogP contribution in [0.15, 0.2) is 10.9 Å². The van der Waals surface area contributed by atoms with Gasteiger partial charge in [-0.25, -0.2) is 4.98 Å². The Balaban J connectivity index is 2.01. The maximum Gasteiger partial charge on any atom is 0.242 e. The van der Waals surface area contributed by atoms with E-state index >= 15 is 0 Å². The lowest BCUT2D eigenvalue weighted by molar-refractivity contribution is -0.138. The molecule has 100 valence electrons. The first-order valence-corrected chi connectivity index (χ1v) is 7.37. The van der Waals surface area contributed by atoms with Gasteiger partial charge in [-0.05, 0) is 18.8 Å². The third-order valence-corrected chi connectivity index (χ3v) is 4.32. The lowest BCUT2D eigenvalue weighted by atomic mass is 9.76. The Morgan fingerprint density at radius 3 is 3.11 bits per heavy atom. The Kier molecular flexibility index (Phi) is 4.02. The van der Waals surface area contributed by atoms with Crippen LogP contribution in [0.5, 0.6) is 0 Å². The monoisotopic (exact) mass is 267 g/mol. The van der Waals surface area contributed by atoms with Crippen molar-refractivity contribution in [3.63, 3.8) is 0 Å². The predicted octanol–water partition coefficient (Wildman–Crippen LogP) is 2.01. The number of aromatic nitrogens is 1. The van der Waals surface area contributed by atoms with E-state index in [0.717, 1.165) is 25.0 Å². The summed E-state index contributed by atoms with van der Waals surface area (Å²) in [6.45, 7) is 2.73. The van der Waals surface area contributed by atoms with Crippen LogP contribution in [0.2, 0.25) is 0 Å². The minimum absolute atomic E-state index is 0.0575. The molecule has 1 amide bonds. The van der Waals surface area contributed by atoms with Crippen molar-refractivity contribution < 1.29 is 4.79 Å². The van der Waals surface area contributed by atoms with Crippen molar-refractivity contribution in [2.24, 2.45) is 11.7 Å². The SMILES string of the molecule is CC1CCCC(N)(C(=O)N(C)Cc2cscn2)C1. The van der Waals surface area contributed by atoms with Gasteiger partial charge in [0.1, 0.15) is 0 Å². The number of nitrogens with zero attached hydrogens (tertiary/aromatic N) is 2. The molecule has 4 nitrogen and oxygen atoms in total. The summed E-state index contributed by atoms with van der Waals surface area (Å²) in [6.07, 6.45) is 3.83. The van der Waals surface area contributed by atoms with Gasteiger partial charge in [-0.15, -0.1) is 11.3 Å². The van der Waals surface area contributed by atoms with Gasteiger partial charge >= 0.3 is 0 Å². The third-order valence-electron chi connectivity index (χ3n) is 3.69. The number of likely N-dealkylation sites (N-methyl/N-ethyl adjacent to an activating group) is 1. The number of carbonyl (C=O) groups is 1. The number of hydrogen-bond acceptors (Lipinski definition) is 4. The molecule has 2 N–H and O–H groups in total. The molecule has 1 fully saturated rings. The minimum Gasteiger partial charge on any atom is -0.338 e. The number of nitrogens with two attached hydrogens (primary N) is 1. The number of carbonyl (C=O) groups excluding carboxylic acids is 1. The summed E-state index contributed by atoms with van der Waals surface area (Å²) in [5.41, 5.74) is 8.37. The fraction of sp³-hybridized carbons (Fsp3) is 0.692. The number of rotatable bonds is 3. The highest BCUT2D eigenvalue weighted by Gasteiger charge is 2.39. The third kappa shape index (κ3) is 2.90. The summed E-state index contributed by atoms with van der Waals surface area (Å²) in [4.78, 5) is 18.4. The van der Waals surface area contributed by atoms with Crippen molar-refractivity contribution >= 4 is 17.2 Å². The van der Waals surface area contributed by atoms with Crippen LogP contribution in [0.25, 0.3) is 0 Å². The second kappa shape index (κ2) is 5.36. The number of hydrogen-bond donors (Lipinski definition) is 1. The summed E-state index contributed by atoms with van der Waals surface area (Å²) in [5, 5.41) is 1.97. The molecule has 1 heterocycles. The normalized spacial score (nSPS) is 28.1. The topological polar surface area (TPSA) is 59.2 Å². The lowest BCUT2D eigenvalue weighted by Gasteiger charge is -2.37. The molecule has 18 heavy (non-hydrogen) atoms. The smallest absolute Gasteiger partial charge is 0.242 e. The zero-order chi connectivity index (χ0) is 13.2. The van der Waals surface area contributed by atoms with Crippen molar-refractivity contribution in [1.82, 2.24) is 9.88 Å². The van der Waals surface area contributed by atoms with Crippen LogP contribution in [-0.2, 0) is 11.3 Å². The van der Waals surface area contributed by atoms with Crippen molar-refractivity contribution in [3.05, 3.63) is 16.6 Å². The average Bonchev–Trinajstić information content (AvgIpc) is 2.80. The van der Waals surface area contributed by atoms with E-state index in [0.29, 0.717) is 12.5 Å². The molecule has 2 unspecified atom stereocenters. The van der Waals surface area contributed by atoms with E-state index in [1.165, 1.54) is 6.42 Å². The number of thiazole rings is 1. The first-order chi connectivity index (χ1) is 8.51. The van der Waals surface area contributed by atoms with Crippen molar-refractivity contribution in [2.75, 3.05) is 7.05 Å². The predicted molar refractivity (Wildman–Crippen MR) is 73.1 cm³/mol. The first-order valence-electron chi connectivity index (χ1n) is 6.43. The Morgan fingerprint density at radius 1 is 1.72 bits per heavy atom. The summed E-state index contributed by atoms with van der Waals surface area (Å²) in [5.74, 6) is 0.599. The van der Waals surface area contributed by atoms with Crippen molar-refractivity contribution in [3.8, 4) is 0 Å². The Hall–Kier alpha value is -0.940. The van der Waals surface area contributed by atoms with E-state index in [-0.39, 0.29) is 5.91 Å². The molecule has 0 bridgehead atoms. The van der Waals surface area contributed by atoms with Crippen molar-refractivity contribution in [2.45, 2.75) is 44.7 Å². The second-order valence-corrected chi connectivity index (χ2v) is 6.22. The van der Waals surface area contributed by atoms with Crippen LogP contribution < -0.4 is 5.73 Å². The van der Waals surface area contributed by atoms with E-state index < -0.39 is 5.54 Å². The molecule has 1 aliphatic carbocycles. The van der Waals surface area contributed by atoms with Crippen LogP contribution in [0.1, 0.15) is 38.3 Å². The fourth-order valence-corrected chi connectivity index (χ4v) is 3.35. The van der Waals surface area contributed by atoms with Gasteiger partial charge in [0.15, 0.2) is 0 Å². The van der Waals surface area contributed by atoms with Crippen LogP contribution in [-0.4, -0.2) is 28.4 Å². The van der Waals surface area contributed by atoms with E-state index in [9.17, 15) is 4.79 Å². The Bertz CT molecular complexity index is 406. The van der Waals surface area contributed by atoms with Gasteiger partial charge in [-0.3, -0.25) is 4.79 Å². The minimum atomic E-state index is -0.664. The number of amides is 1. The van der Waals surface area contributed by atoms with E-state index in [1.54, 1.807) is 21.7 Å². The molecule has 0 aliphatic heterocycles. The molecule has 0 radical (unpaired) electrons. The van der Waals surface area contributed by atoms with E-state index in [4.69, 9.17) is 5.73 Å². The second-order valence-electron chi connectivity index (χ2n) is 5.50. The zero-order valence-corrected chi connectivity index (χ0v) is 11.9. The molecular formula is C13H21N3OS. The molecule has 1 aromatic heterocycles. The van der Waals surface area contributed by atoms with Gasteiger partial charge in [0.25, 0.3) is 0 Å². The van der Waals surface area contributed by atoms with Crippen LogP contribution in [0.3, 0.4) is 0 Å². The molecule has 0 aromatic carbocycles. The summed E-state index contributed by atoms with van der Waals surface area (Å²) >= 11 is 1.55. The molecule has 1 aliphatic rings. The highest BCUT2D eigenvalue weighted by Crippen LogP contribution is 2.31. The van der Waals surface area contributed by atoms with Crippen molar-refractivity contribution in [1.29, 1.82) is 0 Å². The van der Waals surface area contributed by atoms with E-state index in [2.05, 4.69) is 11.9 Å². The molecule has 0 saturated heterocycles. The fourth-order valence-electron chi connectivity index (χ4n) is 2.80. The summed E-state index contributed by atoms with van der Waals surface area (Å²) in [6, 6.07) is 0. The zero-order valence-electron chi connectivity index (χ0n) is 11.1. The quantitative estimate of drug-likeness (QED) is 0.911. The van der Waals surface area contributed by atoms with Gasteiger partial charge in [-0.2, -0.15) is 0 Å². The molecule has 2 rings (SSSR count). The van der Waals surface area contributed by atoms with Crippen LogP contribution >= 0.6 is 11.3 Å². The van der Waals surface area contributed by atoms with Gasteiger partial charge in [0.05, 0.1) is 23.3 Å². The summed E-state index contributed by atoms with van der Waals surface area (Å²) in [7, 11) is 1.82. The molecule has 0 spiro atoms. The molecule has 1 aromatic rings. The van der Waals surface area contributed by atoms with Gasteiger partial charge in [0, 0.05) is 12.4 Å². The largest absolute Gasteiger partial charge is 0.338 e. The Morgan fingerprint density at radius 2 is 2.50 bits per heavy atom. The van der Waals surface area contributed by atoms with Gasteiger partial charge in [0.2, 0.25) is 5.91 Å². The Labute approximate surface area is 112 Å². The first kappa shape index (κ1) is 13.5. The standard InChI is InChI=1S/C13H21N3OS/c1-10-4-3-5-13(14,6-10)12(17)16(2)7-11-8-18-9-15-11/h8-10H,3-7,14H2,1-2H3. The van der Waals surface area contributed by atoms with Gasteiger partial charge < -0.3 is 10.6 Å². The highest BCUT2D eigenvalue weighted by molar-refractivity contribution is 7.07. The molecule has 2 atom stereocenters. The van der Waals surface area contributed by atoms with Crippen LogP contribution in [0.4, 0.5) is 0 Å². The lowest BCUT2D eigenvalue weighted by Crippen LogP contribution is -2.56. The van der Waals surface area contributed by atoms with Gasteiger partial charge in [-0.1, -0.05) is 19.8 Å².